The van der Waals surface area contributed by atoms with E-state index in [0.717, 1.165) is 0 Å². The Bertz CT molecular complexity index is 51.7. The zero-order chi connectivity index (χ0) is 5.11. The molecule has 1 nitrogen and oxygen atoms in total. The van der Waals surface area contributed by atoms with E-state index >= 15 is 0 Å². The van der Waals surface area contributed by atoms with E-state index in [1.807, 2.05) is 16.8 Å². The molecule has 1 aliphatic rings. The van der Waals surface area contributed by atoms with Gasteiger partial charge in [-0.3, -0.25) is 0 Å². The third-order valence-electron chi connectivity index (χ3n) is 1.01. The Kier molecular flexibility index (Phi) is 3.12. The van der Waals surface area contributed by atoms with Crippen LogP contribution < -0.4 is 5.32 Å². The number of hydrogen-bond donors (Lipinski definition) is 1. The monoisotopic (exact) mass is 439 g/mol. The van der Waals surface area contributed by atoms with Crippen LogP contribution in [0.3, 0.4) is 0 Å². The average molecular weight is 439 g/mol. The van der Waals surface area contributed by atoms with Gasteiger partial charge in [0.25, 0.3) is 0 Å². The van der Waals surface area contributed by atoms with Gasteiger partial charge in [-0.05, 0) is 0 Å². The first-order valence-corrected chi connectivity index (χ1v) is 17.6. The Balaban J connectivity index is 2.12. The summed E-state index contributed by atoms with van der Waals surface area (Å²) in [5.74, 6) is 0. The van der Waals surface area contributed by atoms with Gasteiger partial charge in [-0.1, -0.05) is 0 Å². The molecular weight excluding hydrogens is 430 g/mol. The van der Waals surface area contributed by atoms with Crippen LogP contribution in [0.15, 0.2) is 0 Å². The molecule has 1 N–H and O–H groups in total. The summed E-state index contributed by atoms with van der Waals surface area (Å²) < 4.78 is 0. The van der Waals surface area contributed by atoms with Crippen LogP contribution >= 0.6 is 0 Å². The fraction of sp³-hybridized carbons (Fsp3) is 1.00. The predicted molar refractivity (Wildman–Crippen MR) is 22.5 cm³/mol. The van der Waals surface area contributed by atoms with Crippen molar-refractivity contribution in [3.8, 4) is 0 Å². The van der Waals surface area contributed by atoms with E-state index in [1.54, 1.807) is 9.62 Å². The summed E-state index contributed by atoms with van der Waals surface area (Å²) in [6, 6.07) is 0. The van der Waals surface area contributed by atoms with Crippen LogP contribution in [0.4, 0.5) is 0 Å². The summed E-state index contributed by atoms with van der Waals surface area (Å²) >= 11 is 1.44. The van der Waals surface area contributed by atoms with Crippen molar-refractivity contribution in [3.63, 3.8) is 0 Å². The number of rotatable bonds is 0. The molecule has 0 aromatic carbocycles. The zero-order valence-electron chi connectivity index (χ0n) is 4.14. The molecule has 0 radical (unpaired) electrons. The van der Waals surface area contributed by atoms with Gasteiger partial charge in [-0.15, -0.1) is 0 Å². The van der Waals surface area contributed by atoms with Gasteiger partial charge in [-0.2, -0.15) is 0 Å². The van der Waals surface area contributed by atoms with Crippen LogP contribution in [-0.2, 0) is 31.1 Å². The molecule has 0 aliphatic carbocycles. The van der Waals surface area contributed by atoms with Gasteiger partial charge in [-0.25, -0.2) is 0 Å². The third-order valence-corrected chi connectivity index (χ3v) is 15.6. The molecule has 0 bridgehead atoms. The Hall–Kier alpha value is 1.34. The molecule has 0 atom stereocenters. The summed E-state index contributed by atoms with van der Waals surface area (Å²) in [7, 11) is 0. The summed E-state index contributed by atoms with van der Waals surface area (Å²) in [4.78, 5) is 3.21. The molecule has 0 saturated carbocycles. The number of nitrogens with one attached hydrogen (secondary N) is 1. The average Bonchev–Trinajstić information content (AvgIpc) is 1.69. The molecule has 1 saturated heterocycles. The van der Waals surface area contributed by atoms with Gasteiger partial charge in [0, 0.05) is 0 Å². The van der Waals surface area contributed by atoms with Crippen molar-refractivity contribution in [1.29, 1.82) is 0 Å². The zero-order valence-corrected chi connectivity index (χ0v) is 10.0. The molecule has 0 aromatic rings. The second-order valence-corrected chi connectivity index (χ2v) is 21.6. The Morgan fingerprint density at radius 2 is 1.86 bits per heavy atom. The normalized spacial score (nSPS) is 25.1. The molecule has 42 valence electrons. The summed E-state index contributed by atoms with van der Waals surface area (Å²) in [5.41, 5.74) is 0. The van der Waals surface area contributed by atoms with Crippen molar-refractivity contribution in [2.45, 2.75) is 9.62 Å². The Morgan fingerprint density at radius 3 is 2.14 bits per heavy atom. The first-order valence-electron chi connectivity index (χ1n) is 2.45. The Labute approximate surface area is 58.9 Å². The quantitative estimate of drug-likeness (QED) is 0.581. The molecule has 0 unspecified atom stereocenters. The standard InChI is InChI=1S/C4H9N.2W/c1-3-5-4-2;;/h5H,1-4H2;;. The van der Waals surface area contributed by atoms with Crippen molar-refractivity contribution >= 4 is 0 Å². The SMILES string of the molecule is [W][W]1[CH2]CNC[CH2]1. The van der Waals surface area contributed by atoms with E-state index in [1.165, 1.54) is 13.1 Å². The molecule has 0 amide bonds. The molecular formula is C4H9NW2. The van der Waals surface area contributed by atoms with Crippen LogP contribution in [-0.4, -0.2) is 13.1 Å². The van der Waals surface area contributed by atoms with Gasteiger partial charge in [0.15, 0.2) is 0 Å². The second-order valence-electron chi connectivity index (χ2n) is 1.60. The molecule has 3 heteroatoms. The minimum absolute atomic E-state index is 0.526. The van der Waals surface area contributed by atoms with E-state index in [4.69, 9.17) is 0 Å². The first-order chi connectivity index (χ1) is 3.39. The topological polar surface area (TPSA) is 12.0 Å². The first kappa shape index (κ1) is 6.46. The van der Waals surface area contributed by atoms with Gasteiger partial charge < -0.3 is 0 Å². The van der Waals surface area contributed by atoms with Crippen LogP contribution in [0.25, 0.3) is 0 Å². The minimum atomic E-state index is -0.526. The van der Waals surface area contributed by atoms with Crippen molar-refractivity contribution in [3.05, 3.63) is 0 Å². The molecule has 0 aromatic heterocycles. The predicted octanol–water partition coefficient (Wildman–Crippen LogP) is 0.506. The van der Waals surface area contributed by atoms with Crippen molar-refractivity contribution in [1.82, 2.24) is 5.32 Å². The maximum atomic E-state index is 3.38. The van der Waals surface area contributed by atoms with Gasteiger partial charge >= 0.3 is 59.2 Å². The van der Waals surface area contributed by atoms with Crippen molar-refractivity contribution in [2.75, 3.05) is 13.1 Å². The van der Waals surface area contributed by atoms with Crippen LogP contribution in [0, 0.1) is 0 Å². The van der Waals surface area contributed by atoms with Gasteiger partial charge in [0.2, 0.25) is 0 Å². The van der Waals surface area contributed by atoms with Crippen LogP contribution in [0.1, 0.15) is 0 Å². The van der Waals surface area contributed by atoms with E-state index in [-0.39, 0.29) is 0 Å². The molecule has 7 heavy (non-hydrogen) atoms. The van der Waals surface area contributed by atoms with Gasteiger partial charge in [0.1, 0.15) is 0 Å². The third kappa shape index (κ3) is 2.40. The second kappa shape index (κ2) is 3.38. The molecule has 1 heterocycles. The molecule has 1 rings (SSSR count). The maximum absolute atomic E-state index is 3.38. The summed E-state index contributed by atoms with van der Waals surface area (Å²) in [5, 5.41) is 3.38. The fourth-order valence-corrected chi connectivity index (χ4v) is 8.91. The van der Waals surface area contributed by atoms with E-state index in [9.17, 15) is 0 Å². The van der Waals surface area contributed by atoms with Crippen LogP contribution in [0.5, 0.6) is 0 Å². The number of hydrogen-bond acceptors (Lipinski definition) is 1. The summed E-state index contributed by atoms with van der Waals surface area (Å²) in [6.45, 7) is 2.69. The van der Waals surface area contributed by atoms with Crippen molar-refractivity contribution < 1.29 is 31.1 Å². The Morgan fingerprint density at radius 1 is 1.29 bits per heavy atom. The van der Waals surface area contributed by atoms with E-state index < -0.39 is 14.3 Å². The van der Waals surface area contributed by atoms with Crippen LogP contribution in [0.2, 0.25) is 9.62 Å². The summed E-state index contributed by atoms with van der Waals surface area (Å²) in [6.07, 6.45) is 0. The van der Waals surface area contributed by atoms with E-state index in [0.29, 0.717) is 0 Å². The molecule has 0 spiro atoms. The fourth-order valence-electron chi connectivity index (χ4n) is 0.599. The van der Waals surface area contributed by atoms with Crippen molar-refractivity contribution in [2.24, 2.45) is 0 Å². The van der Waals surface area contributed by atoms with Gasteiger partial charge in [0.05, 0.1) is 0 Å². The molecule has 1 fully saturated rings. The van der Waals surface area contributed by atoms with E-state index in [2.05, 4.69) is 5.32 Å². The molecule has 1 aliphatic heterocycles.